The van der Waals surface area contributed by atoms with Crippen LogP contribution in [0.1, 0.15) is 13.8 Å². The molecule has 0 radical (unpaired) electrons. The third kappa shape index (κ3) is 3.37. The summed E-state index contributed by atoms with van der Waals surface area (Å²) in [4.78, 5) is 10.6. The molecular formula is C5H11NO2S. The molecule has 0 amide bonds. The van der Waals surface area contributed by atoms with Crippen molar-refractivity contribution in [1.82, 2.24) is 4.72 Å². The number of carbonyl (C=O) groups excluding carboxylic acids is 1. The number of nitrogens with one attached hydrogen (secondary N) is 1. The fourth-order valence-electron chi connectivity index (χ4n) is 0.320. The van der Waals surface area contributed by atoms with Crippen LogP contribution in [0.15, 0.2) is 0 Å². The van der Waals surface area contributed by atoms with Gasteiger partial charge in [0.25, 0.3) is 0 Å². The van der Waals surface area contributed by atoms with Gasteiger partial charge < -0.3 is 4.74 Å². The highest BCUT2D eigenvalue weighted by Gasteiger charge is 2.09. The van der Waals surface area contributed by atoms with Crippen molar-refractivity contribution in [3.05, 3.63) is 0 Å². The van der Waals surface area contributed by atoms with E-state index < -0.39 is 0 Å². The molecule has 0 aromatic heterocycles. The van der Waals surface area contributed by atoms with Crippen molar-refractivity contribution in [2.45, 2.75) is 19.9 Å². The van der Waals surface area contributed by atoms with E-state index in [0.29, 0.717) is 6.61 Å². The van der Waals surface area contributed by atoms with Crippen LogP contribution in [0, 0.1) is 0 Å². The Balaban J connectivity index is 3.46. The Bertz CT molecular complexity index is 97.0. The lowest BCUT2D eigenvalue weighted by Gasteiger charge is -2.06. The van der Waals surface area contributed by atoms with Crippen LogP contribution in [0.25, 0.3) is 0 Å². The first-order valence-corrected chi connectivity index (χ1v) is 3.23. The molecule has 3 nitrogen and oxygen atoms in total. The normalized spacial score (nSPS) is 12.8. The van der Waals surface area contributed by atoms with Gasteiger partial charge in [-0.2, -0.15) is 0 Å². The molecule has 1 N–H and O–H groups in total. The number of ether oxygens (including phenoxy) is 1. The molecule has 0 fully saturated rings. The Morgan fingerprint density at radius 1 is 1.89 bits per heavy atom. The van der Waals surface area contributed by atoms with Crippen LogP contribution in [0.5, 0.6) is 0 Å². The van der Waals surface area contributed by atoms with Gasteiger partial charge in [0.1, 0.15) is 6.04 Å². The van der Waals surface area contributed by atoms with Crippen molar-refractivity contribution in [3.63, 3.8) is 0 Å². The molecule has 0 aliphatic rings. The maximum absolute atomic E-state index is 10.6. The summed E-state index contributed by atoms with van der Waals surface area (Å²) in [6, 6.07) is -0.326. The molecule has 54 valence electrons. The smallest absolute Gasteiger partial charge is 0.323 e. The second kappa shape index (κ2) is 4.64. The van der Waals surface area contributed by atoms with Gasteiger partial charge in [-0.05, 0) is 13.8 Å². The number of esters is 1. The Morgan fingerprint density at radius 2 is 2.44 bits per heavy atom. The number of thiol groups is 1. The fourth-order valence-corrected chi connectivity index (χ4v) is 0.425. The predicted molar refractivity (Wildman–Crippen MR) is 38.2 cm³/mol. The van der Waals surface area contributed by atoms with Crippen LogP contribution in [0.4, 0.5) is 0 Å². The molecule has 0 saturated carbocycles. The lowest BCUT2D eigenvalue weighted by atomic mass is 10.4. The first-order valence-electron chi connectivity index (χ1n) is 2.78. The maximum atomic E-state index is 10.6. The van der Waals surface area contributed by atoms with Gasteiger partial charge in [0.2, 0.25) is 0 Å². The van der Waals surface area contributed by atoms with E-state index in [2.05, 4.69) is 22.3 Å². The van der Waals surface area contributed by atoms with Gasteiger partial charge in [-0.15, -0.1) is 0 Å². The van der Waals surface area contributed by atoms with Gasteiger partial charge in [0.15, 0.2) is 0 Å². The summed E-state index contributed by atoms with van der Waals surface area (Å²) in [5.41, 5.74) is 0. The van der Waals surface area contributed by atoms with Gasteiger partial charge in [-0.3, -0.25) is 9.52 Å². The minimum atomic E-state index is -0.326. The second-order valence-electron chi connectivity index (χ2n) is 1.60. The van der Waals surface area contributed by atoms with E-state index in [4.69, 9.17) is 0 Å². The molecule has 0 spiro atoms. The topological polar surface area (TPSA) is 38.3 Å². The highest BCUT2D eigenvalue weighted by molar-refractivity contribution is 7.78. The zero-order chi connectivity index (χ0) is 7.28. The summed E-state index contributed by atoms with van der Waals surface area (Å²) in [6.45, 7) is 3.87. The molecule has 9 heavy (non-hydrogen) atoms. The Labute approximate surface area is 60.3 Å². The van der Waals surface area contributed by atoms with Crippen LogP contribution in [0.2, 0.25) is 0 Å². The van der Waals surface area contributed by atoms with Crippen LogP contribution < -0.4 is 4.72 Å². The molecule has 1 unspecified atom stereocenters. The second-order valence-corrected chi connectivity index (χ2v) is 1.86. The fraction of sp³-hybridized carbons (Fsp3) is 0.800. The summed E-state index contributed by atoms with van der Waals surface area (Å²) >= 11 is 3.70. The number of carbonyl (C=O) groups is 1. The van der Waals surface area contributed by atoms with Gasteiger partial charge in [0, 0.05) is 0 Å². The van der Waals surface area contributed by atoms with Crippen molar-refractivity contribution in [1.29, 1.82) is 0 Å². The summed E-state index contributed by atoms with van der Waals surface area (Å²) in [7, 11) is 0. The minimum Gasteiger partial charge on any atom is -0.465 e. The van der Waals surface area contributed by atoms with Crippen molar-refractivity contribution in [2.75, 3.05) is 6.61 Å². The van der Waals surface area contributed by atoms with E-state index in [-0.39, 0.29) is 12.0 Å². The van der Waals surface area contributed by atoms with Crippen molar-refractivity contribution < 1.29 is 9.53 Å². The number of hydrogen-bond donors (Lipinski definition) is 2. The summed E-state index contributed by atoms with van der Waals surface area (Å²) in [5, 5.41) is 0. The molecule has 0 aromatic carbocycles. The van der Waals surface area contributed by atoms with Crippen LogP contribution in [0.3, 0.4) is 0 Å². The first kappa shape index (κ1) is 8.78. The zero-order valence-corrected chi connectivity index (χ0v) is 6.44. The summed E-state index contributed by atoms with van der Waals surface area (Å²) < 4.78 is 7.11. The highest BCUT2D eigenvalue weighted by Crippen LogP contribution is 1.87. The van der Waals surface area contributed by atoms with E-state index in [9.17, 15) is 4.79 Å². The quantitative estimate of drug-likeness (QED) is 0.450. The van der Waals surface area contributed by atoms with Crippen LogP contribution in [-0.2, 0) is 9.53 Å². The Morgan fingerprint density at radius 3 is 2.78 bits per heavy atom. The molecule has 0 bridgehead atoms. The van der Waals surface area contributed by atoms with Crippen molar-refractivity contribution in [2.24, 2.45) is 0 Å². The molecule has 0 saturated heterocycles. The molecule has 0 aliphatic carbocycles. The maximum Gasteiger partial charge on any atom is 0.323 e. The Hall–Kier alpha value is -0.220. The van der Waals surface area contributed by atoms with Gasteiger partial charge in [-0.1, -0.05) is 12.8 Å². The lowest BCUT2D eigenvalue weighted by molar-refractivity contribution is -0.144. The standard InChI is InChI=1S/C5H11NO2S/c1-3-8-5(7)4(2)6-9/h4,6,9H,3H2,1-2H3. The van der Waals surface area contributed by atoms with Crippen molar-refractivity contribution in [3.8, 4) is 0 Å². The highest BCUT2D eigenvalue weighted by atomic mass is 32.1. The van der Waals surface area contributed by atoms with E-state index in [1.54, 1.807) is 13.8 Å². The predicted octanol–water partition coefficient (Wildman–Crippen LogP) is 0.372. The minimum absolute atomic E-state index is 0.271. The van der Waals surface area contributed by atoms with E-state index in [1.807, 2.05) is 0 Å². The van der Waals surface area contributed by atoms with Gasteiger partial charge in [0.05, 0.1) is 6.61 Å². The SMILES string of the molecule is CCOC(=O)C(C)NS. The lowest BCUT2D eigenvalue weighted by Crippen LogP contribution is -2.29. The van der Waals surface area contributed by atoms with Gasteiger partial charge in [-0.25, -0.2) is 0 Å². The molecule has 0 aromatic rings. The number of hydrogen-bond acceptors (Lipinski definition) is 4. The number of rotatable bonds is 3. The molecule has 1 atom stereocenters. The van der Waals surface area contributed by atoms with Crippen LogP contribution in [-0.4, -0.2) is 18.6 Å². The zero-order valence-electron chi connectivity index (χ0n) is 5.55. The average molecular weight is 149 g/mol. The molecule has 4 heteroatoms. The van der Waals surface area contributed by atoms with E-state index >= 15 is 0 Å². The Kier molecular flexibility index (Phi) is 4.53. The van der Waals surface area contributed by atoms with E-state index in [1.165, 1.54) is 0 Å². The molecule has 0 aliphatic heterocycles. The third-order valence-electron chi connectivity index (χ3n) is 0.834. The van der Waals surface area contributed by atoms with Crippen molar-refractivity contribution >= 4 is 18.8 Å². The largest absolute Gasteiger partial charge is 0.465 e. The summed E-state index contributed by atoms with van der Waals surface area (Å²) in [6.07, 6.45) is 0. The third-order valence-corrected chi connectivity index (χ3v) is 1.22. The monoisotopic (exact) mass is 149 g/mol. The van der Waals surface area contributed by atoms with Crippen LogP contribution >= 0.6 is 12.8 Å². The summed E-state index contributed by atoms with van der Waals surface area (Å²) in [5.74, 6) is -0.271. The molecular weight excluding hydrogens is 138 g/mol. The first-order chi connectivity index (χ1) is 4.22. The van der Waals surface area contributed by atoms with E-state index in [0.717, 1.165) is 0 Å². The molecule has 0 rings (SSSR count). The molecule has 0 heterocycles. The van der Waals surface area contributed by atoms with Gasteiger partial charge >= 0.3 is 5.97 Å². The average Bonchev–Trinajstić information content (AvgIpc) is 1.87.